The molecule has 8 heteroatoms. The molecule has 110 valence electrons. The maximum atomic E-state index is 13.0. The van der Waals surface area contributed by atoms with Gasteiger partial charge in [0.2, 0.25) is 5.91 Å². The quantitative estimate of drug-likeness (QED) is 0.907. The summed E-state index contributed by atoms with van der Waals surface area (Å²) in [5.41, 5.74) is 4.40. The lowest BCUT2D eigenvalue weighted by molar-refractivity contribution is -0.367. The van der Waals surface area contributed by atoms with Crippen molar-refractivity contribution in [2.75, 3.05) is 18.0 Å². The Bertz CT molecular complexity index is 513. The first kappa shape index (κ1) is 14.9. The van der Waals surface area contributed by atoms with Gasteiger partial charge < -0.3 is 5.73 Å². The predicted molar refractivity (Wildman–Crippen MR) is 67.1 cm³/mol. The van der Waals surface area contributed by atoms with Gasteiger partial charge in [0.05, 0.1) is 18.1 Å². The number of pyridine rings is 1. The number of nitrogens with two attached hydrogens (primary N) is 1. The number of carbonyl (C=O) groups is 1. The van der Waals surface area contributed by atoms with Crippen molar-refractivity contribution >= 4 is 23.3 Å². The van der Waals surface area contributed by atoms with Crippen LogP contribution >= 0.6 is 11.6 Å². The fourth-order valence-electron chi connectivity index (χ4n) is 2.33. The van der Waals surface area contributed by atoms with E-state index in [1.165, 1.54) is 6.20 Å². The van der Waals surface area contributed by atoms with Crippen LogP contribution in [0, 0.1) is 5.92 Å². The molecule has 0 saturated carbocycles. The van der Waals surface area contributed by atoms with E-state index in [1.807, 2.05) is 0 Å². The molecule has 1 saturated heterocycles. The Balaban J connectivity index is 2.24. The van der Waals surface area contributed by atoms with E-state index >= 15 is 0 Å². The molecule has 20 heavy (non-hydrogen) atoms. The maximum Gasteiger partial charge on any atom is 0.424 e. The van der Waals surface area contributed by atoms with Crippen molar-refractivity contribution < 1.29 is 22.9 Å². The van der Waals surface area contributed by atoms with Crippen LogP contribution in [0.1, 0.15) is 18.4 Å². The molecule has 1 amide bonds. The average molecular weight is 309 g/mol. The first-order chi connectivity index (χ1) is 9.29. The molecule has 0 aliphatic carbocycles. The van der Waals surface area contributed by atoms with E-state index < -0.39 is 17.6 Å². The number of anilines is 1. The van der Waals surface area contributed by atoms with Crippen LogP contribution in [0.4, 0.5) is 19.0 Å². The van der Waals surface area contributed by atoms with Crippen molar-refractivity contribution in [3.05, 3.63) is 22.8 Å². The summed E-state index contributed by atoms with van der Waals surface area (Å²) in [6.45, 7) is 0.684. The SMILES string of the molecule is NC(=O)C1CCN(c2[nH+]cc(Cl)cc2C(F)(F)F)CC1. The average Bonchev–Trinajstić information content (AvgIpc) is 2.38. The number of hydrogen-bond acceptors (Lipinski definition) is 2. The zero-order valence-corrected chi connectivity index (χ0v) is 11.3. The van der Waals surface area contributed by atoms with Crippen LogP contribution in [-0.2, 0) is 11.0 Å². The fourth-order valence-corrected chi connectivity index (χ4v) is 2.49. The van der Waals surface area contributed by atoms with Gasteiger partial charge in [-0.3, -0.25) is 9.69 Å². The molecule has 0 bridgehead atoms. The molecule has 1 fully saturated rings. The molecule has 0 radical (unpaired) electrons. The second kappa shape index (κ2) is 5.47. The normalized spacial score (nSPS) is 17.3. The zero-order valence-electron chi connectivity index (χ0n) is 10.5. The lowest BCUT2D eigenvalue weighted by Gasteiger charge is -2.27. The lowest BCUT2D eigenvalue weighted by Crippen LogP contribution is -2.41. The number of H-pyrrole nitrogens is 1. The van der Waals surface area contributed by atoms with E-state index in [2.05, 4.69) is 4.98 Å². The molecule has 0 atom stereocenters. The number of nitrogens with one attached hydrogen (secondary N) is 1. The molecule has 2 rings (SSSR count). The minimum atomic E-state index is -4.49. The van der Waals surface area contributed by atoms with Crippen molar-refractivity contribution in [2.24, 2.45) is 11.7 Å². The Morgan fingerprint density at radius 3 is 2.50 bits per heavy atom. The summed E-state index contributed by atoms with van der Waals surface area (Å²) in [6, 6.07) is 0.896. The highest BCUT2D eigenvalue weighted by molar-refractivity contribution is 6.30. The highest BCUT2D eigenvalue weighted by Gasteiger charge is 2.40. The summed E-state index contributed by atoms with van der Waals surface area (Å²) in [4.78, 5) is 15.2. The minimum Gasteiger partial charge on any atom is -0.369 e. The van der Waals surface area contributed by atoms with Crippen LogP contribution < -0.4 is 15.6 Å². The molecule has 4 nitrogen and oxygen atoms in total. The van der Waals surface area contributed by atoms with Gasteiger partial charge in [-0.1, -0.05) is 11.6 Å². The smallest absolute Gasteiger partial charge is 0.369 e. The Labute approximate surface area is 118 Å². The number of piperidine rings is 1. The fraction of sp³-hybridized carbons (Fsp3) is 0.500. The van der Waals surface area contributed by atoms with Crippen molar-refractivity contribution in [3.8, 4) is 0 Å². The van der Waals surface area contributed by atoms with Gasteiger partial charge in [0.15, 0.2) is 0 Å². The molecular weight excluding hydrogens is 295 g/mol. The van der Waals surface area contributed by atoms with Crippen LogP contribution in [0.25, 0.3) is 0 Å². The van der Waals surface area contributed by atoms with E-state index in [9.17, 15) is 18.0 Å². The summed E-state index contributed by atoms with van der Waals surface area (Å²) in [5.74, 6) is -0.696. The molecular formula is C12H14ClF3N3O+. The van der Waals surface area contributed by atoms with Gasteiger partial charge in [-0.15, -0.1) is 0 Å². The highest BCUT2D eigenvalue weighted by atomic mass is 35.5. The minimum absolute atomic E-state index is 0.00639. The Hall–Kier alpha value is -1.50. The number of nitrogens with zero attached hydrogens (tertiary/aromatic N) is 1. The molecule has 1 aromatic heterocycles. The third-order valence-corrected chi connectivity index (χ3v) is 3.62. The standard InChI is InChI=1S/C12H13ClF3N3O/c13-8-5-9(12(14,15)16)11(18-6-8)19-3-1-7(2-4-19)10(17)20/h5-7H,1-4H2,(H2,17,20)/p+1. The van der Waals surface area contributed by atoms with Gasteiger partial charge in [-0.2, -0.15) is 13.2 Å². The monoisotopic (exact) mass is 308 g/mol. The van der Waals surface area contributed by atoms with E-state index in [1.54, 1.807) is 4.90 Å². The Morgan fingerprint density at radius 1 is 1.40 bits per heavy atom. The first-order valence-electron chi connectivity index (χ1n) is 6.11. The van der Waals surface area contributed by atoms with E-state index in [0.29, 0.717) is 25.9 Å². The van der Waals surface area contributed by atoms with Crippen LogP contribution in [-0.4, -0.2) is 19.0 Å². The number of aromatic amines is 1. The first-order valence-corrected chi connectivity index (χ1v) is 6.49. The van der Waals surface area contributed by atoms with Crippen molar-refractivity contribution in [3.63, 3.8) is 0 Å². The van der Waals surface area contributed by atoms with Crippen LogP contribution in [0.3, 0.4) is 0 Å². The number of carbonyl (C=O) groups excluding carboxylic acids is 1. The molecule has 0 aromatic carbocycles. The van der Waals surface area contributed by atoms with Gasteiger partial charge in [-0.25, -0.2) is 4.98 Å². The van der Waals surface area contributed by atoms with Gasteiger partial charge in [0.25, 0.3) is 5.82 Å². The Kier molecular flexibility index (Phi) is 4.08. The number of aromatic nitrogens is 1. The van der Waals surface area contributed by atoms with Gasteiger partial charge in [-0.05, 0) is 18.9 Å². The molecule has 1 aliphatic heterocycles. The molecule has 0 unspecified atom stereocenters. The number of amides is 1. The Morgan fingerprint density at radius 2 is 2.00 bits per heavy atom. The van der Waals surface area contributed by atoms with E-state index in [-0.39, 0.29) is 16.8 Å². The third kappa shape index (κ3) is 3.15. The molecule has 2 heterocycles. The predicted octanol–water partition coefficient (Wildman–Crippen LogP) is 1.87. The molecule has 0 spiro atoms. The summed E-state index contributed by atoms with van der Waals surface area (Å²) in [6.07, 6.45) is -2.28. The molecule has 3 N–H and O–H groups in total. The topological polar surface area (TPSA) is 60.5 Å². The summed E-state index contributed by atoms with van der Waals surface area (Å²) in [5, 5.41) is -0.00639. The van der Waals surface area contributed by atoms with E-state index in [0.717, 1.165) is 6.07 Å². The van der Waals surface area contributed by atoms with Gasteiger partial charge in [0, 0.05) is 5.92 Å². The highest BCUT2D eigenvalue weighted by Crippen LogP contribution is 2.36. The van der Waals surface area contributed by atoms with Gasteiger partial charge in [0.1, 0.15) is 11.8 Å². The van der Waals surface area contributed by atoms with Crippen LogP contribution in [0.15, 0.2) is 12.3 Å². The van der Waals surface area contributed by atoms with Crippen molar-refractivity contribution in [1.29, 1.82) is 0 Å². The second-order valence-electron chi connectivity index (χ2n) is 4.74. The number of rotatable bonds is 2. The van der Waals surface area contributed by atoms with Gasteiger partial charge >= 0.3 is 6.18 Å². The molecule has 1 aliphatic rings. The second-order valence-corrected chi connectivity index (χ2v) is 5.18. The number of hydrogen-bond donors (Lipinski definition) is 1. The summed E-state index contributed by atoms with van der Waals surface area (Å²) in [7, 11) is 0. The number of alkyl halides is 3. The molecule has 1 aromatic rings. The third-order valence-electron chi connectivity index (χ3n) is 3.40. The van der Waals surface area contributed by atoms with Crippen molar-refractivity contribution in [1.82, 2.24) is 0 Å². The van der Waals surface area contributed by atoms with E-state index in [4.69, 9.17) is 17.3 Å². The lowest BCUT2D eigenvalue weighted by atomic mass is 9.96. The number of halogens is 4. The van der Waals surface area contributed by atoms with Crippen LogP contribution in [0.2, 0.25) is 5.02 Å². The summed E-state index contributed by atoms with van der Waals surface area (Å²) < 4.78 is 39.0. The largest absolute Gasteiger partial charge is 0.424 e. The maximum absolute atomic E-state index is 13.0. The zero-order chi connectivity index (χ0) is 14.9. The van der Waals surface area contributed by atoms with Crippen LogP contribution in [0.5, 0.6) is 0 Å². The number of primary amides is 1. The summed E-state index contributed by atoms with van der Waals surface area (Å²) >= 11 is 5.62. The van der Waals surface area contributed by atoms with Crippen molar-refractivity contribution in [2.45, 2.75) is 19.0 Å².